The van der Waals surface area contributed by atoms with E-state index >= 15 is 0 Å². The van der Waals surface area contributed by atoms with E-state index in [1.807, 2.05) is 0 Å². The van der Waals surface area contributed by atoms with Gasteiger partial charge in [-0.3, -0.25) is 0 Å². The van der Waals surface area contributed by atoms with Crippen LogP contribution in [0.1, 0.15) is 0 Å². The number of imidazole rings is 1. The van der Waals surface area contributed by atoms with Crippen molar-refractivity contribution < 1.29 is 0 Å². The van der Waals surface area contributed by atoms with E-state index in [4.69, 9.17) is 11.6 Å². The lowest BCUT2D eigenvalue weighted by Gasteiger charge is -1.99. The fraction of sp³-hybridized carbons (Fsp3) is 0. The Hall–Kier alpha value is -0.590. The van der Waals surface area contributed by atoms with Crippen molar-refractivity contribution in [2.24, 2.45) is 0 Å². The van der Waals surface area contributed by atoms with Crippen LogP contribution in [-0.2, 0) is 0 Å². The summed E-state index contributed by atoms with van der Waals surface area (Å²) in [6.07, 6.45) is 5.04. The Morgan fingerprint density at radius 3 is 3.00 bits per heavy atom. The average Bonchev–Trinajstić information content (AvgIpc) is 2.64. The summed E-state index contributed by atoms with van der Waals surface area (Å²) in [6.45, 7) is 0. The molecule has 2 aromatic heterocycles. The Labute approximate surface area is 97.7 Å². The number of aromatic amines is 1. The normalized spacial score (nSPS) is 10.4. The molecule has 0 aliphatic rings. The summed E-state index contributed by atoms with van der Waals surface area (Å²) < 4.78 is 0.795. The molecule has 0 bridgehead atoms. The van der Waals surface area contributed by atoms with Gasteiger partial charge in [0.25, 0.3) is 0 Å². The first-order valence-electron chi connectivity index (χ1n) is 3.61. The van der Waals surface area contributed by atoms with Crippen molar-refractivity contribution in [3.05, 3.63) is 28.3 Å². The first kappa shape index (κ1) is 9.95. The Morgan fingerprint density at radius 1 is 1.43 bits per heavy atom. The number of rotatable bonds is 2. The van der Waals surface area contributed by atoms with E-state index in [-0.39, 0.29) is 5.28 Å². The van der Waals surface area contributed by atoms with Crippen LogP contribution >= 0.6 is 39.3 Å². The summed E-state index contributed by atoms with van der Waals surface area (Å²) in [5.41, 5.74) is 0. The molecule has 2 aromatic rings. The molecule has 72 valence electrons. The highest BCUT2D eigenvalue weighted by Crippen LogP contribution is 2.29. The van der Waals surface area contributed by atoms with Gasteiger partial charge in [-0.05, 0) is 39.3 Å². The van der Waals surface area contributed by atoms with Crippen LogP contribution in [0.25, 0.3) is 0 Å². The van der Waals surface area contributed by atoms with E-state index < -0.39 is 0 Å². The highest BCUT2D eigenvalue weighted by atomic mass is 79.9. The number of nitrogens with zero attached hydrogens (tertiary/aromatic N) is 3. The van der Waals surface area contributed by atoms with Gasteiger partial charge in [0.15, 0.2) is 5.16 Å². The van der Waals surface area contributed by atoms with Crippen LogP contribution in [0, 0.1) is 0 Å². The van der Waals surface area contributed by atoms with E-state index in [2.05, 4.69) is 35.9 Å². The quantitative estimate of drug-likeness (QED) is 0.683. The maximum atomic E-state index is 5.67. The number of H-pyrrole nitrogens is 1. The highest BCUT2D eigenvalue weighted by Gasteiger charge is 2.07. The molecule has 1 N–H and O–H groups in total. The van der Waals surface area contributed by atoms with Gasteiger partial charge in [-0.1, -0.05) is 0 Å². The molecule has 0 radical (unpaired) electrons. The zero-order valence-electron chi connectivity index (χ0n) is 6.74. The van der Waals surface area contributed by atoms with Gasteiger partial charge < -0.3 is 4.98 Å². The van der Waals surface area contributed by atoms with Crippen LogP contribution in [0.15, 0.2) is 33.2 Å². The average molecular weight is 292 g/mol. The molecule has 14 heavy (non-hydrogen) atoms. The van der Waals surface area contributed by atoms with Crippen LogP contribution in [0.2, 0.25) is 5.28 Å². The van der Waals surface area contributed by atoms with E-state index in [9.17, 15) is 0 Å². The van der Waals surface area contributed by atoms with Gasteiger partial charge in [0, 0.05) is 18.6 Å². The maximum Gasteiger partial charge on any atom is 0.223 e. The van der Waals surface area contributed by atoms with Gasteiger partial charge in [0.05, 0.1) is 4.47 Å². The molecule has 4 nitrogen and oxygen atoms in total. The van der Waals surface area contributed by atoms with Gasteiger partial charge in [0.2, 0.25) is 5.28 Å². The third-order valence-corrected chi connectivity index (χ3v) is 3.30. The molecular formula is C7H4BrClN4S. The molecule has 7 heteroatoms. The Kier molecular flexibility index (Phi) is 3.05. The van der Waals surface area contributed by atoms with Crippen molar-refractivity contribution in [2.45, 2.75) is 10.2 Å². The third kappa shape index (κ3) is 2.26. The third-order valence-electron chi connectivity index (χ3n) is 1.35. The SMILES string of the molecule is Clc1ncc(Br)c(Sc2ncc[nH]2)n1. The van der Waals surface area contributed by atoms with Gasteiger partial charge >= 0.3 is 0 Å². The highest BCUT2D eigenvalue weighted by molar-refractivity contribution is 9.10. The van der Waals surface area contributed by atoms with Crippen molar-refractivity contribution >= 4 is 39.3 Å². The lowest BCUT2D eigenvalue weighted by molar-refractivity contribution is 1.00. The Morgan fingerprint density at radius 2 is 2.29 bits per heavy atom. The predicted molar refractivity (Wildman–Crippen MR) is 57.5 cm³/mol. The van der Waals surface area contributed by atoms with Crippen LogP contribution < -0.4 is 0 Å². The second kappa shape index (κ2) is 4.29. The second-order valence-corrected chi connectivity index (χ2v) is 4.46. The molecule has 0 unspecified atom stereocenters. The van der Waals surface area contributed by atoms with Crippen molar-refractivity contribution in [3.63, 3.8) is 0 Å². The molecule has 0 aliphatic heterocycles. The molecule has 0 fully saturated rings. The molecular weight excluding hydrogens is 288 g/mol. The van der Waals surface area contributed by atoms with Gasteiger partial charge in [-0.15, -0.1) is 0 Å². The summed E-state index contributed by atoms with van der Waals surface area (Å²) >= 11 is 10.4. The molecule has 0 saturated carbocycles. The van der Waals surface area contributed by atoms with Crippen LogP contribution in [0.5, 0.6) is 0 Å². The van der Waals surface area contributed by atoms with E-state index in [0.29, 0.717) is 0 Å². The van der Waals surface area contributed by atoms with Crippen molar-refractivity contribution in [1.29, 1.82) is 0 Å². The summed E-state index contributed by atoms with van der Waals surface area (Å²) in [7, 11) is 0. The first-order chi connectivity index (χ1) is 6.75. The largest absolute Gasteiger partial charge is 0.339 e. The minimum Gasteiger partial charge on any atom is -0.339 e. The first-order valence-corrected chi connectivity index (χ1v) is 5.60. The maximum absolute atomic E-state index is 5.67. The van der Waals surface area contributed by atoms with Crippen LogP contribution in [0.4, 0.5) is 0 Å². The van der Waals surface area contributed by atoms with E-state index in [1.54, 1.807) is 18.6 Å². The lowest BCUT2D eigenvalue weighted by atomic mass is 10.7. The van der Waals surface area contributed by atoms with Crippen molar-refractivity contribution in [1.82, 2.24) is 19.9 Å². The van der Waals surface area contributed by atoms with E-state index in [0.717, 1.165) is 14.7 Å². The standard InChI is InChI=1S/C7H4BrClN4S/c8-4-3-12-6(9)13-5(4)14-7-10-1-2-11-7/h1-3H,(H,10,11). The zero-order valence-corrected chi connectivity index (χ0v) is 9.90. The minimum atomic E-state index is 0.224. The molecule has 0 amide bonds. The van der Waals surface area contributed by atoms with Gasteiger partial charge in [0.1, 0.15) is 5.03 Å². The fourth-order valence-corrected chi connectivity index (χ4v) is 2.12. The molecule has 0 aromatic carbocycles. The summed E-state index contributed by atoms with van der Waals surface area (Å²) in [5.74, 6) is 0. The summed E-state index contributed by atoms with van der Waals surface area (Å²) in [5, 5.41) is 1.72. The van der Waals surface area contributed by atoms with Crippen LogP contribution in [-0.4, -0.2) is 19.9 Å². The summed E-state index contributed by atoms with van der Waals surface area (Å²) in [4.78, 5) is 14.9. The Balaban J connectivity index is 2.28. The van der Waals surface area contributed by atoms with Crippen LogP contribution in [0.3, 0.4) is 0 Å². The van der Waals surface area contributed by atoms with Gasteiger partial charge in [-0.25, -0.2) is 15.0 Å². The second-order valence-electron chi connectivity index (χ2n) is 2.29. The monoisotopic (exact) mass is 290 g/mol. The number of aromatic nitrogens is 4. The lowest BCUT2D eigenvalue weighted by Crippen LogP contribution is -1.87. The molecule has 2 heterocycles. The fourth-order valence-electron chi connectivity index (χ4n) is 0.801. The minimum absolute atomic E-state index is 0.224. The van der Waals surface area contributed by atoms with Gasteiger partial charge in [-0.2, -0.15) is 0 Å². The number of hydrogen-bond acceptors (Lipinski definition) is 4. The van der Waals surface area contributed by atoms with Crippen molar-refractivity contribution in [3.8, 4) is 0 Å². The molecule has 0 atom stereocenters. The topological polar surface area (TPSA) is 54.5 Å². The van der Waals surface area contributed by atoms with E-state index in [1.165, 1.54) is 11.8 Å². The number of halogens is 2. The number of nitrogens with one attached hydrogen (secondary N) is 1. The van der Waals surface area contributed by atoms with Crippen molar-refractivity contribution in [2.75, 3.05) is 0 Å². The Bertz CT molecular complexity index is 433. The zero-order chi connectivity index (χ0) is 9.97. The predicted octanol–water partition coefficient (Wildman–Crippen LogP) is 2.77. The molecule has 2 rings (SSSR count). The molecule has 0 aliphatic carbocycles. The molecule has 0 saturated heterocycles. The number of hydrogen-bond donors (Lipinski definition) is 1. The molecule has 0 spiro atoms. The summed E-state index contributed by atoms with van der Waals surface area (Å²) in [6, 6.07) is 0. The smallest absolute Gasteiger partial charge is 0.223 e.